The van der Waals surface area contributed by atoms with Gasteiger partial charge in [-0.1, -0.05) is 12.1 Å². The Kier molecular flexibility index (Phi) is 4.85. The van der Waals surface area contributed by atoms with Crippen LogP contribution >= 0.6 is 11.3 Å². The zero-order chi connectivity index (χ0) is 17.1. The van der Waals surface area contributed by atoms with Gasteiger partial charge < -0.3 is 15.5 Å². The first-order valence-corrected chi connectivity index (χ1v) is 8.92. The maximum Gasteiger partial charge on any atom is 0.317 e. The molecule has 0 aliphatic carbocycles. The molecule has 2 aromatic rings. The number of hydrogen-bond acceptors (Lipinski definition) is 3. The molecule has 0 spiro atoms. The van der Waals surface area contributed by atoms with Crippen LogP contribution in [0.1, 0.15) is 36.1 Å². The van der Waals surface area contributed by atoms with Gasteiger partial charge in [0.15, 0.2) is 0 Å². The van der Waals surface area contributed by atoms with E-state index in [2.05, 4.69) is 16.7 Å². The van der Waals surface area contributed by atoms with E-state index in [0.717, 1.165) is 28.8 Å². The van der Waals surface area contributed by atoms with Crippen LogP contribution in [0, 0.1) is 0 Å². The average molecular weight is 343 g/mol. The van der Waals surface area contributed by atoms with Crippen LogP contribution in [-0.2, 0) is 17.8 Å². The van der Waals surface area contributed by atoms with Crippen LogP contribution in [0.4, 0.5) is 10.5 Å². The van der Waals surface area contributed by atoms with Crippen LogP contribution in [0.15, 0.2) is 35.0 Å². The van der Waals surface area contributed by atoms with Crippen LogP contribution in [-0.4, -0.2) is 23.9 Å². The number of benzene rings is 1. The molecule has 0 saturated heterocycles. The normalized spacial score (nSPS) is 14.5. The van der Waals surface area contributed by atoms with Crippen LogP contribution in [0.3, 0.4) is 0 Å². The summed E-state index contributed by atoms with van der Waals surface area (Å²) in [5.41, 5.74) is 4.18. The highest BCUT2D eigenvalue weighted by molar-refractivity contribution is 7.07. The number of carbonyl (C=O) groups is 2. The van der Waals surface area contributed by atoms with Crippen molar-refractivity contribution in [3.05, 3.63) is 51.7 Å². The molecule has 3 amide bonds. The first kappa shape index (κ1) is 16.5. The van der Waals surface area contributed by atoms with Crippen molar-refractivity contribution < 1.29 is 9.59 Å². The summed E-state index contributed by atoms with van der Waals surface area (Å²) >= 11 is 1.63. The summed E-state index contributed by atoms with van der Waals surface area (Å²) in [7, 11) is 1.79. The van der Waals surface area contributed by atoms with Crippen molar-refractivity contribution in [3.8, 4) is 0 Å². The van der Waals surface area contributed by atoms with Gasteiger partial charge in [-0.2, -0.15) is 11.3 Å². The third-order valence-corrected chi connectivity index (χ3v) is 4.94. The second-order valence-electron chi connectivity index (χ2n) is 6.12. The molecule has 3 rings (SSSR count). The van der Waals surface area contributed by atoms with Gasteiger partial charge >= 0.3 is 6.03 Å². The van der Waals surface area contributed by atoms with E-state index in [9.17, 15) is 9.59 Å². The number of aryl methyl sites for hydroxylation is 1. The molecule has 24 heavy (non-hydrogen) atoms. The molecule has 1 atom stereocenters. The van der Waals surface area contributed by atoms with Crippen molar-refractivity contribution in [2.45, 2.75) is 32.4 Å². The Balaban J connectivity index is 1.63. The number of carbonyl (C=O) groups excluding carboxylic acids is 2. The minimum Gasteiger partial charge on any atom is -0.331 e. The fourth-order valence-corrected chi connectivity index (χ4v) is 3.44. The highest BCUT2D eigenvalue weighted by Gasteiger charge is 2.18. The van der Waals surface area contributed by atoms with Crippen molar-refractivity contribution in [1.82, 2.24) is 10.2 Å². The lowest BCUT2D eigenvalue weighted by atomic mass is 9.98. The van der Waals surface area contributed by atoms with E-state index in [-0.39, 0.29) is 18.0 Å². The molecule has 2 N–H and O–H groups in total. The molecule has 0 saturated carbocycles. The topological polar surface area (TPSA) is 61.4 Å². The number of fused-ring (bicyclic) bond motifs is 1. The third kappa shape index (κ3) is 3.76. The van der Waals surface area contributed by atoms with E-state index in [1.165, 1.54) is 0 Å². The van der Waals surface area contributed by atoms with Gasteiger partial charge in [-0.15, -0.1) is 0 Å². The first-order valence-electron chi connectivity index (χ1n) is 7.98. The highest BCUT2D eigenvalue weighted by Crippen LogP contribution is 2.26. The third-order valence-electron chi connectivity index (χ3n) is 4.21. The van der Waals surface area contributed by atoms with Gasteiger partial charge in [0.05, 0.1) is 6.04 Å². The Labute approximate surface area is 145 Å². The summed E-state index contributed by atoms with van der Waals surface area (Å²) in [4.78, 5) is 25.4. The molecule has 5 nitrogen and oxygen atoms in total. The molecule has 1 aliphatic rings. The zero-order valence-corrected chi connectivity index (χ0v) is 14.7. The zero-order valence-electron chi connectivity index (χ0n) is 13.8. The standard InChI is InChI=1S/C18H21N3O2S/c1-12(19-18(23)21(2)10-13-7-8-24-11-13)14-3-5-16-15(9-14)4-6-17(22)20-16/h3,5,7-9,11-12H,4,6,10H2,1-2H3,(H,19,23)(H,20,22)/t12-/m1/s1. The monoisotopic (exact) mass is 343 g/mol. The van der Waals surface area contributed by atoms with E-state index in [1.807, 2.05) is 35.9 Å². The Morgan fingerprint density at radius 2 is 2.21 bits per heavy atom. The van der Waals surface area contributed by atoms with Gasteiger partial charge in [-0.3, -0.25) is 4.79 Å². The maximum absolute atomic E-state index is 12.3. The van der Waals surface area contributed by atoms with E-state index in [4.69, 9.17) is 0 Å². The Hall–Kier alpha value is -2.34. The van der Waals surface area contributed by atoms with Gasteiger partial charge in [0.25, 0.3) is 0 Å². The summed E-state index contributed by atoms with van der Waals surface area (Å²) < 4.78 is 0. The fourth-order valence-electron chi connectivity index (χ4n) is 2.78. The summed E-state index contributed by atoms with van der Waals surface area (Å²) in [5.74, 6) is 0.0617. The number of thiophene rings is 1. The van der Waals surface area contributed by atoms with Gasteiger partial charge in [-0.25, -0.2) is 4.79 Å². The molecule has 1 aromatic carbocycles. The van der Waals surface area contributed by atoms with Gasteiger partial charge in [0.1, 0.15) is 0 Å². The molecule has 1 aliphatic heterocycles. The van der Waals surface area contributed by atoms with Crippen molar-refractivity contribution in [2.75, 3.05) is 12.4 Å². The SMILES string of the molecule is C[C@@H](NC(=O)N(C)Cc1ccsc1)c1ccc2c(c1)CCC(=O)N2. The van der Waals surface area contributed by atoms with Crippen molar-refractivity contribution in [1.29, 1.82) is 0 Å². The van der Waals surface area contributed by atoms with Crippen LogP contribution in [0.25, 0.3) is 0 Å². The predicted octanol–water partition coefficient (Wildman–Crippen LogP) is 3.54. The molecule has 0 bridgehead atoms. The lowest BCUT2D eigenvalue weighted by Gasteiger charge is -2.23. The summed E-state index contributed by atoms with van der Waals surface area (Å²) in [6, 6.07) is 7.77. The molecule has 2 heterocycles. The van der Waals surface area contributed by atoms with Crippen molar-refractivity contribution in [3.63, 3.8) is 0 Å². The van der Waals surface area contributed by atoms with E-state index < -0.39 is 0 Å². The van der Waals surface area contributed by atoms with E-state index in [1.54, 1.807) is 23.3 Å². The highest BCUT2D eigenvalue weighted by atomic mass is 32.1. The van der Waals surface area contributed by atoms with Gasteiger partial charge in [-0.05, 0) is 52.9 Å². The largest absolute Gasteiger partial charge is 0.331 e. The Bertz CT molecular complexity index is 743. The Morgan fingerprint density at radius 1 is 1.38 bits per heavy atom. The second kappa shape index (κ2) is 7.05. The van der Waals surface area contributed by atoms with Crippen molar-refractivity contribution in [2.24, 2.45) is 0 Å². The number of urea groups is 1. The van der Waals surface area contributed by atoms with Crippen LogP contribution < -0.4 is 10.6 Å². The average Bonchev–Trinajstić information content (AvgIpc) is 3.07. The van der Waals surface area contributed by atoms with Gasteiger partial charge in [0.2, 0.25) is 5.91 Å². The maximum atomic E-state index is 12.3. The molecule has 6 heteroatoms. The lowest BCUT2D eigenvalue weighted by molar-refractivity contribution is -0.116. The molecule has 126 valence electrons. The second-order valence-corrected chi connectivity index (χ2v) is 6.90. The summed E-state index contributed by atoms with van der Waals surface area (Å²) in [5, 5.41) is 9.96. The minimum atomic E-state index is -0.0975. The smallest absolute Gasteiger partial charge is 0.317 e. The van der Waals surface area contributed by atoms with Crippen LogP contribution in [0.2, 0.25) is 0 Å². The number of anilines is 1. The Morgan fingerprint density at radius 3 is 2.96 bits per heavy atom. The molecule has 1 aromatic heterocycles. The van der Waals surface area contributed by atoms with Crippen LogP contribution in [0.5, 0.6) is 0 Å². The molecule has 0 radical (unpaired) electrons. The number of nitrogens with one attached hydrogen (secondary N) is 2. The van der Waals surface area contributed by atoms with E-state index >= 15 is 0 Å². The fraction of sp³-hybridized carbons (Fsp3) is 0.333. The number of rotatable bonds is 4. The van der Waals surface area contributed by atoms with Crippen molar-refractivity contribution >= 4 is 29.0 Å². The molecule has 0 unspecified atom stereocenters. The van der Waals surface area contributed by atoms with Gasteiger partial charge in [0, 0.05) is 25.7 Å². The number of nitrogens with zero attached hydrogens (tertiary/aromatic N) is 1. The van der Waals surface area contributed by atoms with E-state index in [0.29, 0.717) is 13.0 Å². The summed E-state index contributed by atoms with van der Waals surface area (Å²) in [6.45, 7) is 2.57. The number of amides is 3. The molecular weight excluding hydrogens is 322 g/mol. The predicted molar refractivity (Wildman–Crippen MR) is 96.1 cm³/mol. The summed E-state index contributed by atoms with van der Waals surface area (Å²) in [6.07, 6.45) is 1.26. The molecular formula is C18H21N3O2S. The minimum absolute atomic E-state index is 0.0617. The molecule has 0 fully saturated rings. The number of hydrogen-bond donors (Lipinski definition) is 2. The lowest BCUT2D eigenvalue weighted by Crippen LogP contribution is -2.38. The quantitative estimate of drug-likeness (QED) is 0.892. The first-order chi connectivity index (χ1) is 11.5.